The first-order valence-electron chi connectivity index (χ1n) is 8.23. The van der Waals surface area contributed by atoms with Crippen molar-refractivity contribution in [3.63, 3.8) is 0 Å². The SMILES string of the molecule is O=C(c1ccncc1)N1CCCn2nc(-c3ccc(Cl)cc3)cc2C1. The quantitative estimate of drug-likeness (QED) is 0.707. The van der Waals surface area contributed by atoms with Gasteiger partial charge in [0.05, 0.1) is 17.9 Å². The smallest absolute Gasteiger partial charge is 0.254 e. The highest BCUT2D eigenvalue weighted by atomic mass is 35.5. The van der Waals surface area contributed by atoms with Crippen LogP contribution in [0.2, 0.25) is 5.02 Å². The van der Waals surface area contributed by atoms with Crippen LogP contribution in [0.15, 0.2) is 54.9 Å². The molecular formula is C19H17ClN4O. The third-order valence-electron chi connectivity index (χ3n) is 4.37. The maximum atomic E-state index is 12.7. The van der Waals surface area contributed by atoms with Crippen molar-refractivity contribution in [3.05, 3.63) is 71.1 Å². The summed E-state index contributed by atoms with van der Waals surface area (Å²) in [6.07, 6.45) is 4.17. The van der Waals surface area contributed by atoms with Crippen molar-refractivity contribution >= 4 is 17.5 Å². The number of aryl methyl sites for hydroxylation is 1. The summed E-state index contributed by atoms with van der Waals surface area (Å²) in [5.74, 6) is 0.0325. The molecule has 0 fully saturated rings. The number of hydrogen-bond acceptors (Lipinski definition) is 3. The summed E-state index contributed by atoms with van der Waals surface area (Å²) in [6, 6.07) is 13.2. The van der Waals surface area contributed by atoms with Gasteiger partial charge in [-0.05, 0) is 36.8 Å². The van der Waals surface area contributed by atoms with E-state index in [-0.39, 0.29) is 5.91 Å². The molecule has 0 saturated carbocycles. The van der Waals surface area contributed by atoms with Gasteiger partial charge in [-0.15, -0.1) is 0 Å². The third-order valence-corrected chi connectivity index (χ3v) is 4.62. The van der Waals surface area contributed by atoms with Crippen molar-refractivity contribution in [2.45, 2.75) is 19.5 Å². The van der Waals surface area contributed by atoms with E-state index in [1.807, 2.05) is 33.8 Å². The molecule has 2 aromatic heterocycles. The van der Waals surface area contributed by atoms with Gasteiger partial charge in [-0.3, -0.25) is 14.5 Å². The van der Waals surface area contributed by atoms with Gasteiger partial charge >= 0.3 is 0 Å². The Labute approximate surface area is 150 Å². The molecule has 0 saturated heterocycles. The Morgan fingerprint density at radius 2 is 1.80 bits per heavy atom. The van der Waals surface area contributed by atoms with Crippen molar-refractivity contribution in [2.75, 3.05) is 6.54 Å². The van der Waals surface area contributed by atoms with Gasteiger partial charge in [-0.25, -0.2) is 0 Å². The highest BCUT2D eigenvalue weighted by Gasteiger charge is 2.22. The standard InChI is InChI=1S/C19H17ClN4O/c20-16-4-2-14(3-5-16)18-12-17-13-23(10-1-11-24(17)22-18)19(25)15-6-8-21-9-7-15/h2-9,12H,1,10-11,13H2. The Morgan fingerprint density at radius 3 is 2.56 bits per heavy atom. The van der Waals surface area contributed by atoms with E-state index in [4.69, 9.17) is 16.7 Å². The zero-order valence-corrected chi connectivity index (χ0v) is 14.4. The van der Waals surface area contributed by atoms with E-state index in [9.17, 15) is 4.79 Å². The molecule has 0 radical (unpaired) electrons. The zero-order valence-electron chi connectivity index (χ0n) is 13.6. The number of benzene rings is 1. The summed E-state index contributed by atoms with van der Waals surface area (Å²) < 4.78 is 2.00. The topological polar surface area (TPSA) is 51.0 Å². The monoisotopic (exact) mass is 352 g/mol. The van der Waals surface area contributed by atoms with Gasteiger partial charge in [0, 0.05) is 41.6 Å². The molecule has 1 aliphatic rings. The molecule has 5 nitrogen and oxygen atoms in total. The lowest BCUT2D eigenvalue weighted by molar-refractivity contribution is 0.0745. The molecule has 1 aromatic carbocycles. The highest BCUT2D eigenvalue weighted by molar-refractivity contribution is 6.30. The minimum atomic E-state index is 0.0325. The number of carbonyl (C=O) groups excluding carboxylic acids is 1. The average Bonchev–Trinajstić information content (AvgIpc) is 2.94. The molecule has 0 spiro atoms. The van der Waals surface area contributed by atoms with E-state index >= 15 is 0 Å². The van der Waals surface area contributed by atoms with Crippen LogP contribution in [-0.4, -0.2) is 32.1 Å². The highest BCUT2D eigenvalue weighted by Crippen LogP contribution is 2.24. The number of amides is 1. The normalized spacial score (nSPS) is 14.0. The first kappa shape index (κ1) is 15.8. The molecule has 1 amide bonds. The summed E-state index contributed by atoms with van der Waals surface area (Å²) in [7, 11) is 0. The van der Waals surface area contributed by atoms with E-state index in [2.05, 4.69) is 11.1 Å². The van der Waals surface area contributed by atoms with Crippen LogP contribution in [0.3, 0.4) is 0 Å². The number of fused-ring (bicyclic) bond motifs is 1. The molecule has 0 aliphatic carbocycles. The Bertz CT molecular complexity index is 890. The molecular weight excluding hydrogens is 336 g/mol. The largest absolute Gasteiger partial charge is 0.333 e. The van der Waals surface area contributed by atoms with Crippen LogP contribution in [0.1, 0.15) is 22.5 Å². The fourth-order valence-electron chi connectivity index (χ4n) is 3.07. The fraction of sp³-hybridized carbons (Fsp3) is 0.211. The Balaban J connectivity index is 1.60. The number of rotatable bonds is 2. The lowest BCUT2D eigenvalue weighted by Crippen LogP contribution is -2.30. The van der Waals surface area contributed by atoms with Gasteiger partial charge in [0.25, 0.3) is 5.91 Å². The number of nitrogens with zero attached hydrogens (tertiary/aromatic N) is 4. The van der Waals surface area contributed by atoms with E-state index in [0.717, 1.165) is 36.5 Å². The van der Waals surface area contributed by atoms with Gasteiger partial charge in [0.2, 0.25) is 0 Å². The summed E-state index contributed by atoms with van der Waals surface area (Å²) in [5, 5.41) is 5.41. The summed E-state index contributed by atoms with van der Waals surface area (Å²) in [5.41, 5.74) is 3.65. The number of halogens is 1. The van der Waals surface area contributed by atoms with E-state index < -0.39 is 0 Å². The van der Waals surface area contributed by atoms with E-state index in [1.54, 1.807) is 24.5 Å². The Kier molecular flexibility index (Phi) is 4.24. The average molecular weight is 353 g/mol. The molecule has 0 unspecified atom stereocenters. The van der Waals surface area contributed by atoms with Crippen LogP contribution in [-0.2, 0) is 13.1 Å². The van der Waals surface area contributed by atoms with Crippen molar-refractivity contribution in [2.24, 2.45) is 0 Å². The molecule has 0 N–H and O–H groups in total. The molecule has 126 valence electrons. The van der Waals surface area contributed by atoms with Crippen molar-refractivity contribution in [1.82, 2.24) is 19.7 Å². The first-order valence-corrected chi connectivity index (χ1v) is 8.60. The van der Waals surface area contributed by atoms with Crippen molar-refractivity contribution in [3.8, 4) is 11.3 Å². The maximum Gasteiger partial charge on any atom is 0.254 e. The molecule has 4 rings (SSSR count). The van der Waals surface area contributed by atoms with Crippen LogP contribution in [0.5, 0.6) is 0 Å². The summed E-state index contributed by atoms with van der Waals surface area (Å²) in [6.45, 7) is 2.09. The Morgan fingerprint density at radius 1 is 1.04 bits per heavy atom. The molecule has 3 heterocycles. The predicted octanol–water partition coefficient (Wildman–Crippen LogP) is 3.64. The minimum Gasteiger partial charge on any atom is -0.333 e. The predicted molar refractivity (Wildman–Crippen MR) is 96.3 cm³/mol. The minimum absolute atomic E-state index is 0.0325. The molecule has 6 heteroatoms. The van der Waals surface area contributed by atoms with Crippen molar-refractivity contribution in [1.29, 1.82) is 0 Å². The number of pyridine rings is 1. The summed E-state index contributed by atoms with van der Waals surface area (Å²) >= 11 is 5.96. The molecule has 25 heavy (non-hydrogen) atoms. The second kappa shape index (κ2) is 6.69. The van der Waals surface area contributed by atoms with Crippen LogP contribution in [0, 0.1) is 0 Å². The van der Waals surface area contributed by atoms with E-state index in [0.29, 0.717) is 17.1 Å². The second-order valence-corrected chi connectivity index (χ2v) is 6.50. The van der Waals surface area contributed by atoms with Crippen LogP contribution < -0.4 is 0 Å². The molecule has 3 aromatic rings. The molecule has 1 aliphatic heterocycles. The lowest BCUT2D eigenvalue weighted by Gasteiger charge is -2.19. The maximum absolute atomic E-state index is 12.7. The van der Waals surface area contributed by atoms with Gasteiger partial charge in [-0.1, -0.05) is 23.7 Å². The van der Waals surface area contributed by atoms with Crippen LogP contribution >= 0.6 is 11.6 Å². The van der Waals surface area contributed by atoms with Gasteiger partial charge in [-0.2, -0.15) is 5.10 Å². The first-order chi connectivity index (χ1) is 12.2. The zero-order chi connectivity index (χ0) is 17.2. The molecule has 0 bridgehead atoms. The second-order valence-electron chi connectivity index (χ2n) is 6.07. The third kappa shape index (κ3) is 3.28. The summed E-state index contributed by atoms with van der Waals surface area (Å²) in [4.78, 5) is 18.6. The number of hydrogen-bond donors (Lipinski definition) is 0. The van der Waals surface area contributed by atoms with Crippen LogP contribution in [0.25, 0.3) is 11.3 Å². The Hall–Kier alpha value is -2.66. The number of carbonyl (C=O) groups is 1. The molecule has 0 atom stereocenters. The van der Waals surface area contributed by atoms with Gasteiger partial charge in [0.1, 0.15) is 0 Å². The van der Waals surface area contributed by atoms with E-state index in [1.165, 1.54) is 0 Å². The fourth-order valence-corrected chi connectivity index (χ4v) is 3.20. The van der Waals surface area contributed by atoms with Crippen molar-refractivity contribution < 1.29 is 4.79 Å². The van der Waals surface area contributed by atoms with Gasteiger partial charge in [0.15, 0.2) is 0 Å². The van der Waals surface area contributed by atoms with Crippen LogP contribution in [0.4, 0.5) is 0 Å². The number of aromatic nitrogens is 3. The van der Waals surface area contributed by atoms with Gasteiger partial charge < -0.3 is 4.90 Å². The lowest BCUT2D eigenvalue weighted by atomic mass is 10.1.